The number of carbonyl (C=O) groups is 1. The minimum Gasteiger partial charge on any atom is -0.322 e. The number of benzene rings is 1. The number of hydrogen-bond donors (Lipinski definition) is 1. The van der Waals surface area contributed by atoms with Gasteiger partial charge >= 0.3 is 0 Å². The van der Waals surface area contributed by atoms with Gasteiger partial charge in [0, 0.05) is 28.9 Å². The molecule has 7 nitrogen and oxygen atoms in total. The van der Waals surface area contributed by atoms with E-state index < -0.39 is 6.04 Å². The number of aryl methyl sites for hydroxylation is 2. The van der Waals surface area contributed by atoms with E-state index in [0.29, 0.717) is 20.6 Å². The number of carbonyl (C=O) groups excluding carboxylic acids is 1. The molecule has 1 amide bonds. The van der Waals surface area contributed by atoms with E-state index in [9.17, 15) is 9.59 Å². The van der Waals surface area contributed by atoms with E-state index in [1.807, 2.05) is 79.5 Å². The van der Waals surface area contributed by atoms with Gasteiger partial charge in [0.1, 0.15) is 6.04 Å². The van der Waals surface area contributed by atoms with Gasteiger partial charge in [0.2, 0.25) is 0 Å². The number of thiazole rings is 1. The summed E-state index contributed by atoms with van der Waals surface area (Å²) in [5.74, 6) is -0.257. The normalized spacial score (nSPS) is 15.9. The molecule has 172 valence electrons. The van der Waals surface area contributed by atoms with E-state index in [1.54, 1.807) is 10.8 Å². The molecule has 0 saturated carbocycles. The lowest BCUT2D eigenvalue weighted by molar-refractivity contribution is -0.113. The second-order valence-electron chi connectivity index (χ2n) is 8.00. The molecule has 4 heterocycles. The van der Waals surface area contributed by atoms with Gasteiger partial charge in [0.15, 0.2) is 4.80 Å². The summed E-state index contributed by atoms with van der Waals surface area (Å²) in [5.41, 5.74) is 3.48. The number of nitrogens with one attached hydrogen (secondary N) is 1. The van der Waals surface area contributed by atoms with Crippen LogP contribution in [0, 0.1) is 6.92 Å². The fourth-order valence-corrected chi connectivity index (χ4v) is 5.88. The largest absolute Gasteiger partial charge is 0.322 e. The van der Waals surface area contributed by atoms with Crippen LogP contribution in [-0.4, -0.2) is 20.3 Å². The topological polar surface area (TPSA) is 81.3 Å². The van der Waals surface area contributed by atoms with Crippen LogP contribution < -0.4 is 20.2 Å². The van der Waals surface area contributed by atoms with Gasteiger partial charge in [-0.3, -0.25) is 18.8 Å². The first-order chi connectivity index (χ1) is 16.5. The molecule has 4 aromatic rings. The van der Waals surface area contributed by atoms with Crippen molar-refractivity contribution in [1.29, 1.82) is 0 Å². The Kier molecular flexibility index (Phi) is 5.89. The summed E-state index contributed by atoms with van der Waals surface area (Å²) >= 11 is 2.85. The highest BCUT2D eigenvalue weighted by molar-refractivity contribution is 7.10. The van der Waals surface area contributed by atoms with Crippen molar-refractivity contribution < 1.29 is 4.79 Å². The van der Waals surface area contributed by atoms with Crippen LogP contribution in [0.25, 0.3) is 6.08 Å². The van der Waals surface area contributed by atoms with Crippen LogP contribution in [0.5, 0.6) is 0 Å². The Hall–Kier alpha value is -3.56. The Labute approximate surface area is 204 Å². The average molecular weight is 490 g/mol. The van der Waals surface area contributed by atoms with Gasteiger partial charge in [0.25, 0.3) is 11.5 Å². The molecule has 1 aliphatic rings. The highest BCUT2D eigenvalue weighted by Gasteiger charge is 2.33. The molecule has 1 atom stereocenters. The SMILES string of the molecule is CCn1cc(/C=c2/sc3n(c2=O)C(c2cccs2)C(C(=O)Nc2ccccc2C)=C(C)N=3)cn1. The Morgan fingerprint density at radius 1 is 1.21 bits per heavy atom. The summed E-state index contributed by atoms with van der Waals surface area (Å²) in [5, 5.41) is 9.27. The van der Waals surface area contributed by atoms with Crippen LogP contribution in [-0.2, 0) is 11.3 Å². The number of hydrogen-bond acceptors (Lipinski definition) is 6. The molecule has 1 aromatic carbocycles. The first-order valence-electron chi connectivity index (χ1n) is 10.9. The second kappa shape index (κ2) is 9.00. The third-order valence-corrected chi connectivity index (χ3v) is 7.65. The van der Waals surface area contributed by atoms with E-state index in [0.717, 1.165) is 28.2 Å². The predicted octanol–water partition coefficient (Wildman–Crippen LogP) is 3.46. The lowest BCUT2D eigenvalue weighted by Crippen LogP contribution is -2.40. The molecular weight excluding hydrogens is 466 g/mol. The Morgan fingerprint density at radius 3 is 2.74 bits per heavy atom. The third kappa shape index (κ3) is 3.97. The second-order valence-corrected chi connectivity index (χ2v) is 9.98. The number of para-hydroxylation sites is 1. The minimum absolute atomic E-state index is 0.167. The standard InChI is InChI=1S/C25H23N5O2S2/c1-4-29-14-17(13-26-29)12-20-24(32)30-22(19-10-7-11-33-19)21(16(3)27-25(30)34-20)23(31)28-18-9-6-5-8-15(18)2/h5-14,22H,4H2,1-3H3,(H,28,31)/b20-12+. The molecule has 0 fully saturated rings. The van der Waals surface area contributed by atoms with Crippen molar-refractivity contribution >= 4 is 40.3 Å². The Balaban J connectivity index is 1.64. The first kappa shape index (κ1) is 22.2. The van der Waals surface area contributed by atoms with E-state index >= 15 is 0 Å². The van der Waals surface area contributed by atoms with Gasteiger partial charge < -0.3 is 5.32 Å². The van der Waals surface area contributed by atoms with Crippen LogP contribution in [0.3, 0.4) is 0 Å². The summed E-state index contributed by atoms with van der Waals surface area (Å²) in [6.45, 7) is 6.54. The molecule has 5 rings (SSSR count). The number of anilines is 1. The molecule has 3 aromatic heterocycles. The van der Waals surface area contributed by atoms with E-state index in [4.69, 9.17) is 0 Å². The van der Waals surface area contributed by atoms with E-state index in [2.05, 4.69) is 15.4 Å². The molecular formula is C25H23N5O2S2. The van der Waals surface area contributed by atoms with E-state index in [-0.39, 0.29) is 11.5 Å². The van der Waals surface area contributed by atoms with Crippen molar-refractivity contribution in [2.75, 3.05) is 5.32 Å². The lowest BCUT2D eigenvalue weighted by atomic mass is 10.0. The number of fused-ring (bicyclic) bond motifs is 1. The maximum absolute atomic E-state index is 13.6. The molecule has 0 radical (unpaired) electrons. The third-order valence-electron chi connectivity index (χ3n) is 5.75. The zero-order valence-corrected chi connectivity index (χ0v) is 20.6. The lowest BCUT2D eigenvalue weighted by Gasteiger charge is -2.24. The van der Waals surface area contributed by atoms with Gasteiger partial charge in [-0.25, -0.2) is 4.99 Å². The average Bonchev–Trinajstić information content (AvgIpc) is 3.56. The van der Waals surface area contributed by atoms with Crippen LogP contribution in [0.2, 0.25) is 0 Å². The van der Waals surface area contributed by atoms with Crippen LogP contribution in [0.1, 0.15) is 35.9 Å². The number of allylic oxidation sites excluding steroid dienone is 1. The molecule has 0 saturated heterocycles. The van der Waals surface area contributed by atoms with Gasteiger partial charge in [-0.05, 0) is 49.9 Å². The van der Waals surface area contributed by atoms with Crippen molar-refractivity contribution in [3.63, 3.8) is 0 Å². The molecule has 0 bridgehead atoms. The van der Waals surface area contributed by atoms with Crippen molar-refractivity contribution in [2.45, 2.75) is 33.4 Å². The summed E-state index contributed by atoms with van der Waals surface area (Å²) in [6.07, 6.45) is 5.48. The number of rotatable bonds is 5. The summed E-state index contributed by atoms with van der Waals surface area (Å²) < 4.78 is 4.02. The highest BCUT2D eigenvalue weighted by atomic mass is 32.1. The van der Waals surface area contributed by atoms with Crippen LogP contribution in [0.4, 0.5) is 5.69 Å². The number of amides is 1. The number of nitrogens with zero attached hydrogens (tertiary/aromatic N) is 4. The first-order valence-corrected chi connectivity index (χ1v) is 12.6. The van der Waals surface area contributed by atoms with Gasteiger partial charge in [-0.1, -0.05) is 35.6 Å². The maximum atomic E-state index is 13.6. The molecule has 0 spiro atoms. The fraction of sp³-hybridized carbons (Fsp3) is 0.200. The highest BCUT2D eigenvalue weighted by Crippen LogP contribution is 2.33. The number of thiophene rings is 1. The summed E-state index contributed by atoms with van der Waals surface area (Å²) in [4.78, 5) is 33.3. The molecule has 9 heteroatoms. The van der Waals surface area contributed by atoms with Gasteiger partial charge in [0.05, 0.1) is 22.0 Å². The van der Waals surface area contributed by atoms with Crippen molar-refractivity contribution in [2.24, 2.45) is 4.99 Å². The quantitative estimate of drug-likeness (QED) is 0.466. The fourth-order valence-electron chi connectivity index (χ4n) is 4.01. The van der Waals surface area contributed by atoms with Crippen molar-refractivity contribution in [3.05, 3.63) is 101 Å². The van der Waals surface area contributed by atoms with Crippen LogP contribution >= 0.6 is 22.7 Å². The summed E-state index contributed by atoms with van der Waals surface area (Å²) in [6, 6.07) is 11.0. The van der Waals surface area contributed by atoms with Crippen molar-refractivity contribution in [3.8, 4) is 0 Å². The zero-order valence-electron chi connectivity index (χ0n) is 19.0. The van der Waals surface area contributed by atoms with Crippen molar-refractivity contribution in [1.82, 2.24) is 14.3 Å². The molecule has 1 N–H and O–H groups in total. The number of aromatic nitrogens is 3. The predicted molar refractivity (Wildman–Crippen MR) is 136 cm³/mol. The van der Waals surface area contributed by atoms with E-state index in [1.165, 1.54) is 22.7 Å². The summed E-state index contributed by atoms with van der Waals surface area (Å²) in [7, 11) is 0. The maximum Gasteiger partial charge on any atom is 0.271 e. The monoisotopic (exact) mass is 489 g/mol. The Bertz CT molecular complexity index is 1590. The van der Waals surface area contributed by atoms with Gasteiger partial charge in [-0.2, -0.15) is 5.10 Å². The smallest absolute Gasteiger partial charge is 0.271 e. The zero-order chi connectivity index (χ0) is 23.8. The molecule has 0 aliphatic carbocycles. The molecule has 34 heavy (non-hydrogen) atoms. The Morgan fingerprint density at radius 2 is 2.03 bits per heavy atom. The molecule has 1 unspecified atom stereocenters. The molecule has 1 aliphatic heterocycles. The minimum atomic E-state index is -0.541. The van der Waals surface area contributed by atoms with Gasteiger partial charge in [-0.15, -0.1) is 11.3 Å². The van der Waals surface area contributed by atoms with Crippen LogP contribution in [0.15, 0.2) is 75.2 Å².